The van der Waals surface area contributed by atoms with E-state index < -0.39 is 12.2 Å². The molecule has 0 saturated heterocycles. The smallest absolute Gasteiger partial charge is 0.160 e. The number of hydrogen-bond donors (Lipinski definition) is 3. The summed E-state index contributed by atoms with van der Waals surface area (Å²) in [5.41, 5.74) is 8.31. The molecule has 0 fully saturated rings. The SMILES string of the molecule is COc1cc(C(O)C(O)CCN=[N+]=[N-])c(C=O)cc1O. The van der Waals surface area contributed by atoms with Crippen molar-refractivity contribution in [3.63, 3.8) is 0 Å². The molecule has 0 saturated carbocycles. The maximum Gasteiger partial charge on any atom is 0.160 e. The van der Waals surface area contributed by atoms with Crippen molar-refractivity contribution in [3.05, 3.63) is 33.7 Å². The lowest BCUT2D eigenvalue weighted by Crippen LogP contribution is -2.20. The molecule has 0 bridgehead atoms. The zero-order valence-electron chi connectivity index (χ0n) is 10.8. The number of aromatic hydroxyl groups is 1. The molecule has 8 heteroatoms. The first-order chi connectivity index (χ1) is 9.54. The van der Waals surface area contributed by atoms with Crippen molar-refractivity contribution in [2.45, 2.75) is 18.6 Å². The van der Waals surface area contributed by atoms with Gasteiger partial charge in [0.2, 0.25) is 0 Å². The molecule has 0 aliphatic carbocycles. The van der Waals surface area contributed by atoms with Gasteiger partial charge < -0.3 is 20.1 Å². The number of nitrogens with zero attached hydrogens (tertiary/aromatic N) is 3. The van der Waals surface area contributed by atoms with Crippen LogP contribution in [0.3, 0.4) is 0 Å². The lowest BCUT2D eigenvalue weighted by atomic mass is 9.97. The van der Waals surface area contributed by atoms with E-state index in [1.165, 1.54) is 13.2 Å². The number of phenolic OH excluding ortho intramolecular Hbond substituents is 1. The molecule has 1 rings (SSSR count). The summed E-state index contributed by atoms with van der Waals surface area (Å²) in [7, 11) is 1.32. The number of benzene rings is 1. The molecule has 2 unspecified atom stereocenters. The van der Waals surface area contributed by atoms with Crippen molar-refractivity contribution >= 4 is 6.29 Å². The Morgan fingerprint density at radius 2 is 2.20 bits per heavy atom. The highest BCUT2D eigenvalue weighted by molar-refractivity contribution is 5.79. The summed E-state index contributed by atoms with van der Waals surface area (Å²) in [5, 5.41) is 32.6. The second-order valence-electron chi connectivity index (χ2n) is 4.03. The number of methoxy groups -OCH3 is 1. The fourth-order valence-corrected chi connectivity index (χ4v) is 1.72. The molecule has 2 atom stereocenters. The van der Waals surface area contributed by atoms with E-state index in [4.69, 9.17) is 10.3 Å². The monoisotopic (exact) mass is 281 g/mol. The Kier molecular flexibility index (Phi) is 5.79. The first kappa shape index (κ1) is 15.8. The predicted molar refractivity (Wildman–Crippen MR) is 69.6 cm³/mol. The number of aliphatic hydroxyl groups excluding tert-OH is 2. The Balaban J connectivity index is 3.03. The van der Waals surface area contributed by atoms with Crippen LogP contribution in [0.1, 0.15) is 28.4 Å². The van der Waals surface area contributed by atoms with Gasteiger partial charge >= 0.3 is 0 Å². The fourth-order valence-electron chi connectivity index (χ4n) is 1.72. The van der Waals surface area contributed by atoms with Crippen molar-refractivity contribution in [2.75, 3.05) is 13.7 Å². The minimum atomic E-state index is -1.36. The van der Waals surface area contributed by atoms with Crippen molar-refractivity contribution in [1.82, 2.24) is 0 Å². The normalized spacial score (nSPS) is 13.2. The average Bonchev–Trinajstić information content (AvgIpc) is 2.46. The molecular weight excluding hydrogens is 266 g/mol. The molecule has 0 spiro atoms. The molecule has 1 aromatic carbocycles. The second-order valence-corrected chi connectivity index (χ2v) is 4.03. The zero-order chi connectivity index (χ0) is 15.1. The Morgan fingerprint density at radius 3 is 2.75 bits per heavy atom. The summed E-state index contributed by atoms with van der Waals surface area (Å²) >= 11 is 0. The lowest BCUT2D eigenvalue weighted by molar-refractivity contribution is 0.0146. The van der Waals surface area contributed by atoms with E-state index >= 15 is 0 Å². The first-order valence-electron chi connectivity index (χ1n) is 5.78. The number of carbonyl (C=O) groups is 1. The quantitative estimate of drug-likeness (QED) is 0.299. The molecule has 8 nitrogen and oxygen atoms in total. The maximum absolute atomic E-state index is 11.0. The summed E-state index contributed by atoms with van der Waals surface area (Å²) in [6.07, 6.45) is -2.09. The number of azide groups is 1. The summed E-state index contributed by atoms with van der Waals surface area (Å²) in [5.74, 6) is -0.166. The van der Waals surface area contributed by atoms with Gasteiger partial charge in [-0.2, -0.15) is 0 Å². The van der Waals surface area contributed by atoms with Crippen molar-refractivity contribution in [3.8, 4) is 11.5 Å². The number of aldehydes is 1. The van der Waals surface area contributed by atoms with Crippen molar-refractivity contribution < 1.29 is 24.9 Å². The topological polar surface area (TPSA) is 136 Å². The van der Waals surface area contributed by atoms with Gasteiger partial charge in [0.1, 0.15) is 6.10 Å². The van der Waals surface area contributed by atoms with Gasteiger partial charge in [0, 0.05) is 17.0 Å². The van der Waals surface area contributed by atoms with Gasteiger partial charge in [0.05, 0.1) is 13.2 Å². The van der Waals surface area contributed by atoms with Crippen molar-refractivity contribution in [2.24, 2.45) is 5.11 Å². The summed E-state index contributed by atoms with van der Waals surface area (Å²) in [4.78, 5) is 13.5. The third-order valence-corrected chi connectivity index (χ3v) is 2.78. The summed E-state index contributed by atoms with van der Waals surface area (Å²) in [6, 6.07) is 2.42. The highest BCUT2D eigenvalue weighted by Crippen LogP contribution is 2.33. The van der Waals surface area contributed by atoms with Crippen molar-refractivity contribution in [1.29, 1.82) is 0 Å². The van der Waals surface area contributed by atoms with Gasteiger partial charge in [-0.25, -0.2) is 0 Å². The van der Waals surface area contributed by atoms with Crippen LogP contribution in [0.4, 0.5) is 0 Å². The van der Waals surface area contributed by atoms with Gasteiger partial charge in [-0.1, -0.05) is 5.11 Å². The molecule has 0 heterocycles. The van der Waals surface area contributed by atoms with E-state index in [2.05, 4.69) is 10.0 Å². The molecule has 1 aromatic rings. The maximum atomic E-state index is 11.0. The number of rotatable bonds is 7. The largest absolute Gasteiger partial charge is 0.504 e. The molecule has 108 valence electrons. The van der Waals surface area contributed by atoms with E-state index in [1.54, 1.807) is 0 Å². The standard InChI is InChI=1S/C12H15N3O5/c1-20-11-5-8(7(6-16)4-10(11)18)12(19)9(17)2-3-14-15-13/h4-6,9,12,17-19H,2-3H2,1H3. The Hall–Kier alpha value is -2.28. The molecular formula is C12H15N3O5. The van der Waals surface area contributed by atoms with Crippen LogP contribution in [0.25, 0.3) is 10.4 Å². The number of ether oxygens (including phenoxy) is 1. The molecule has 20 heavy (non-hydrogen) atoms. The zero-order valence-corrected chi connectivity index (χ0v) is 10.8. The van der Waals surface area contributed by atoms with Crippen LogP contribution in [0.5, 0.6) is 11.5 Å². The molecule has 0 aliphatic rings. The third-order valence-electron chi connectivity index (χ3n) is 2.78. The number of carbonyl (C=O) groups excluding carboxylic acids is 1. The minimum Gasteiger partial charge on any atom is -0.504 e. The van der Waals surface area contributed by atoms with Crippen LogP contribution in [0, 0.1) is 0 Å². The minimum absolute atomic E-state index is 0.0143. The highest BCUT2D eigenvalue weighted by Gasteiger charge is 2.22. The predicted octanol–water partition coefficient (Wildman–Crippen LogP) is 1.31. The molecule has 0 amide bonds. The van der Waals surface area contributed by atoms with Gasteiger partial charge in [0.25, 0.3) is 0 Å². The van der Waals surface area contributed by atoms with Gasteiger partial charge in [-0.05, 0) is 29.6 Å². The van der Waals surface area contributed by atoms with Crippen LogP contribution in [0.2, 0.25) is 0 Å². The fraction of sp³-hybridized carbons (Fsp3) is 0.417. The van der Waals surface area contributed by atoms with E-state index in [0.717, 1.165) is 6.07 Å². The molecule has 0 radical (unpaired) electrons. The van der Waals surface area contributed by atoms with Crippen LogP contribution < -0.4 is 4.74 Å². The van der Waals surface area contributed by atoms with E-state index in [1.807, 2.05) is 0 Å². The van der Waals surface area contributed by atoms with Gasteiger partial charge in [0.15, 0.2) is 17.8 Å². The Labute approximate surface area is 114 Å². The van der Waals surface area contributed by atoms with Crippen LogP contribution in [-0.2, 0) is 0 Å². The molecule has 3 N–H and O–H groups in total. The summed E-state index contributed by atoms with van der Waals surface area (Å²) < 4.78 is 4.89. The van der Waals surface area contributed by atoms with Gasteiger partial charge in [-0.15, -0.1) is 0 Å². The number of phenols is 1. The first-order valence-corrected chi connectivity index (χ1v) is 5.78. The second kappa shape index (κ2) is 7.34. The molecule has 0 aliphatic heterocycles. The van der Waals surface area contributed by atoms with Crippen LogP contribution in [-0.4, -0.2) is 41.4 Å². The van der Waals surface area contributed by atoms with E-state index in [-0.39, 0.29) is 35.6 Å². The number of hydrogen-bond acceptors (Lipinski definition) is 6. The molecule has 0 aromatic heterocycles. The van der Waals surface area contributed by atoms with Crippen LogP contribution >= 0.6 is 0 Å². The summed E-state index contributed by atoms with van der Waals surface area (Å²) in [6.45, 7) is 0.0143. The average molecular weight is 281 g/mol. The van der Waals surface area contributed by atoms with E-state index in [9.17, 15) is 20.1 Å². The van der Waals surface area contributed by atoms with E-state index in [0.29, 0.717) is 6.29 Å². The number of aliphatic hydroxyl groups is 2. The van der Waals surface area contributed by atoms with Crippen LogP contribution in [0.15, 0.2) is 17.2 Å². The Bertz CT molecular complexity index is 528. The highest BCUT2D eigenvalue weighted by atomic mass is 16.5. The Morgan fingerprint density at radius 1 is 1.50 bits per heavy atom. The third kappa shape index (κ3) is 3.61. The lowest BCUT2D eigenvalue weighted by Gasteiger charge is -2.20. The van der Waals surface area contributed by atoms with Gasteiger partial charge in [-0.3, -0.25) is 4.79 Å².